The standard InChI is InChI=1S/C10H19N5O/c1-3-11-7-10-12-13-14-15(10)8-5-4-6-9(8)16-2/h8-9,11H,3-7H2,1-2H3. The molecule has 0 radical (unpaired) electrons. The van der Waals surface area contributed by atoms with E-state index in [0.717, 1.165) is 31.8 Å². The highest BCUT2D eigenvalue weighted by Gasteiger charge is 2.31. The minimum atomic E-state index is 0.254. The number of aromatic nitrogens is 4. The molecule has 1 aromatic heterocycles. The fourth-order valence-corrected chi connectivity index (χ4v) is 2.28. The number of hydrogen-bond acceptors (Lipinski definition) is 5. The number of nitrogens with zero attached hydrogens (tertiary/aromatic N) is 4. The normalized spacial score (nSPS) is 25.1. The number of rotatable bonds is 5. The molecule has 0 amide bonds. The first kappa shape index (κ1) is 11.5. The summed E-state index contributed by atoms with van der Waals surface area (Å²) in [5, 5.41) is 15.1. The lowest BCUT2D eigenvalue weighted by Gasteiger charge is -2.19. The van der Waals surface area contributed by atoms with Gasteiger partial charge in [-0.2, -0.15) is 0 Å². The first-order valence-corrected chi connectivity index (χ1v) is 5.87. The molecule has 6 nitrogen and oxygen atoms in total. The van der Waals surface area contributed by atoms with Gasteiger partial charge in [-0.05, 0) is 36.2 Å². The maximum Gasteiger partial charge on any atom is 0.165 e. The Labute approximate surface area is 95.4 Å². The number of hydrogen-bond donors (Lipinski definition) is 1. The highest BCUT2D eigenvalue weighted by molar-refractivity contribution is 4.90. The zero-order valence-corrected chi connectivity index (χ0v) is 9.89. The average Bonchev–Trinajstić information content (AvgIpc) is 2.93. The van der Waals surface area contributed by atoms with Crippen molar-refractivity contribution < 1.29 is 4.74 Å². The van der Waals surface area contributed by atoms with E-state index in [2.05, 4.69) is 27.8 Å². The summed E-state index contributed by atoms with van der Waals surface area (Å²) in [6.07, 6.45) is 3.64. The van der Waals surface area contributed by atoms with E-state index in [1.807, 2.05) is 4.68 Å². The molecule has 1 heterocycles. The Morgan fingerprint density at radius 1 is 1.50 bits per heavy atom. The van der Waals surface area contributed by atoms with Crippen LogP contribution in [0.1, 0.15) is 38.1 Å². The first-order chi connectivity index (χ1) is 7.86. The van der Waals surface area contributed by atoms with E-state index in [4.69, 9.17) is 4.74 Å². The summed E-state index contributed by atoms with van der Waals surface area (Å²) < 4.78 is 7.39. The van der Waals surface area contributed by atoms with Crippen LogP contribution in [0.25, 0.3) is 0 Å². The number of methoxy groups -OCH3 is 1. The lowest BCUT2D eigenvalue weighted by Crippen LogP contribution is -2.25. The van der Waals surface area contributed by atoms with Gasteiger partial charge in [0, 0.05) is 7.11 Å². The molecule has 16 heavy (non-hydrogen) atoms. The molecule has 1 fully saturated rings. The zero-order chi connectivity index (χ0) is 11.4. The Kier molecular flexibility index (Phi) is 3.84. The lowest BCUT2D eigenvalue weighted by molar-refractivity contribution is 0.0690. The second-order valence-corrected chi connectivity index (χ2v) is 4.09. The van der Waals surface area contributed by atoms with E-state index in [0.29, 0.717) is 6.04 Å². The van der Waals surface area contributed by atoms with Crippen LogP contribution in [0.4, 0.5) is 0 Å². The summed E-state index contributed by atoms with van der Waals surface area (Å²) in [6, 6.07) is 0.300. The van der Waals surface area contributed by atoms with Gasteiger partial charge in [-0.25, -0.2) is 4.68 Å². The Balaban J connectivity index is 2.10. The molecule has 1 saturated carbocycles. The van der Waals surface area contributed by atoms with Crippen LogP contribution < -0.4 is 5.32 Å². The van der Waals surface area contributed by atoms with Crippen LogP contribution in [0, 0.1) is 0 Å². The van der Waals surface area contributed by atoms with Gasteiger partial charge in [0.15, 0.2) is 5.82 Å². The molecule has 0 aliphatic heterocycles. The quantitative estimate of drug-likeness (QED) is 0.791. The monoisotopic (exact) mass is 225 g/mol. The Morgan fingerprint density at radius 2 is 2.38 bits per heavy atom. The predicted octanol–water partition coefficient (Wildman–Crippen LogP) is 0.523. The number of tetrazole rings is 1. The summed E-state index contributed by atoms with van der Waals surface area (Å²) in [5.41, 5.74) is 0. The summed E-state index contributed by atoms with van der Waals surface area (Å²) >= 11 is 0. The SMILES string of the molecule is CCNCc1nnnn1C1CCCC1OC. The van der Waals surface area contributed by atoms with E-state index in [9.17, 15) is 0 Å². The van der Waals surface area contributed by atoms with E-state index in [1.165, 1.54) is 6.42 Å². The van der Waals surface area contributed by atoms with E-state index < -0.39 is 0 Å². The van der Waals surface area contributed by atoms with E-state index in [1.54, 1.807) is 7.11 Å². The van der Waals surface area contributed by atoms with Gasteiger partial charge in [0.1, 0.15) is 0 Å². The molecule has 0 bridgehead atoms. The molecule has 1 N–H and O–H groups in total. The van der Waals surface area contributed by atoms with Crippen LogP contribution in [-0.4, -0.2) is 40.0 Å². The van der Waals surface area contributed by atoms with Crippen molar-refractivity contribution in [1.82, 2.24) is 25.5 Å². The van der Waals surface area contributed by atoms with Gasteiger partial charge < -0.3 is 10.1 Å². The fraction of sp³-hybridized carbons (Fsp3) is 0.900. The molecule has 90 valence electrons. The molecular weight excluding hydrogens is 206 g/mol. The highest BCUT2D eigenvalue weighted by Crippen LogP contribution is 2.31. The molecule has 0 saturated heterocycles. The van der Waals surface area contributed by atoms with Gasteiger partial charge in [-0.3, -0.25) is 0 Å². The number of ether oxygens (including phenoxy) is 1. The van der Waals surface area contributed by atoms with Crippen LogP contribution in [-0.2, 0) is 11.3 Å². The molecule has 1 aromatic rings. The summed E-state index contributed by atoms with van der Waals surface area (Å²) in [4.78, 5) is 0. The summed E-state index contributed by atoms with van der Waals surface area (Å²) in [7, 11) is 1.76. The van der Waals surface area contributed by atoms with Crippen molar-refractivity contribution in [1.29, 1.82) is 0 Å². The molecule has 1 aliphatic rings. The highest BCUT2D eigenvalue weighted by atomic mass is 16.5. The van der Waals surface area contributed by atoms with Crippen molar-refractivity contribution in [2.24, 2.45) is 0 Å². The van der Waals surface area contributed by atoms with Crippen molar-refractivity contribution in [2.75, 3.05) is 13.7 Å². The van der Waals surface area contributed by atoms with Crippen LogP contribution >= 0.6 is 0 Å². The molecule has 0 aromatic carbocycles. The largest absolute Gasteiger partial charge is 0.379 e. The lowest BCUT2D eigenvalue weighted by atomic mass is 10.2. The zero-order valence-electron chi connectivity index (χ0n) is 9.89. The molecule has 1 aliphatic carbocycles. The third-order valence-electron chi connectivity index (χ3n) is 3.13. The van der Waals surface area contributed by atoms with Crippen molar-refractivity contribution >= 4 is 0 Å². The third-order valence-corrected chi connectivity index (χ3v) is 3.13. The maximum atomic E-state index is 5.47. The van der Waals surface area contributed by atoms with Crippen LogP contribution in [0.15, 0.2) is 0 Å². The minimum absolute atomic E-state index is 0.254. The Hall–Kier alpha value is -1.01. The van der Waals surface area contributed by atoms with E-state index in [-0.39, 0.29) is 6.10 Å². The summed E-state index contributed by atoms with van der Waals surface area (Å²) in [5.74, 6) is 0.899. The number of nitrogens with one attached hydrogen (secondary N) is 1. The van der Waals surface area contributed by atoms with Crippen LogP contribution in [0.5, 0.6) is 0 Å². The van der Waals surface area contributed by atoms with Crippen molar-refractivity contribution in [2.45, 2.75) is 44.9 Å². The van der Waals surface area contributed by atoms with Gasteiger partial charge in [0.05, 0.1) is 18.7 Å². The molecule has 2 unspecified atom stereocenters. The van der Waals surface area contributed by atoms with Gasteiger partial charge in [0.25, 0.3) is 0 Å². The second kappa shape index (κ2) is 5.36. The van der Waals surface area contributed by atoms with Crippen LogP contribution in [0.2, 0.25) is 0 Å². The Morgan fingerprint density at radius 3 is 3.12 bits per heavy atom. The average molecular weight is 225 g/mol. The maximum absolute atomic E-state index is 5.47. The summed E-state index contributed by atoms with van der Waals surface area (Å²) in [6.45, 7) is 3.71. The van der Waals surface area contributed by atoms with Gasteiger partial charge in [-0.1, -0.05) is 6.92 Å². The second-order valence-electron chi connectivity index (χ2n) is 4.09. The fourth-order valence-electron chi connectivity index (χ4n) is 2.28. The third kappa shape index (κ3) is 2.22. The Bertz CT molecular complexity index is 327. The van der Waals surface area contributed by atoms with Crippen molar-refractivity contribution in [3.05, 3.63) is 5.82 Å². The van der Waals surface area contributed by atoms with E-state index >= 15 is 0 Å². The van der Waals surface area contributed by atoms with Gasteiger partial charge in [0.2, 0.25) is 0 Å². The van der Waals surface area contributed by atoms with Crippen molar-refractivity contribution in [3.63, 3.8) is 0 Å². The molecule has 2 rings (SSSR count). The van der Waals surface area contributed by atoms with Gasteiger partial charge in [-0.15, -0.1) is 5.10 Å². The topological polar surface area (TPSA) is 64.9 Å². The smallest absolute Gasteiger partial charge is 0.165 e. The molecule has 6 heteroatoms. The molecule has 0 spiro atoms. The van der Waals surface area contributed by atoms with Crippen LogP contribution in [0.3, 0.4) is 0 Å². The van der Waals surface area contributed by atoms with Gasteiger partial charge >= 0.3 is 0 Å². The molecular formula is C10H19N5O. The first-order valence-electron chi connectivity index (χ1n) is 5.87. The predicted molar refractivity (Wildman–Crippen MR) is 58.9 cm³/mol. The minimum Gasteiger partial charge on any atom is -0.379 e. The molecule has 2 atom stereocenters. The van der Waals surface area contributed by atoms with Crippen molar-refractivity contribution in [3.8, 4) is 0 Å².